The standard InChI is InChI=1S/C15H22FNO2S/c1-15(2,13-7-3-4-8-14(13)16)11-17-12-6-5-9-20(18,19)10-12/h3-4,7-8,12,17H,5-6,9-11H2,1-2H3. The molecule has 1 aromatic carbocycles. The van der Waals surface area contributed by atoms with Gasteiger partial charge in [0.1, 0.15) is 5.82 Å². The van der Waals surface area contributed by atoms with Gasteiger partial charge in [0.05, 0.1) is 11.5 Å². The van der Waals surface area contributed by atoms with E-state index in [1.54, 1.807) is 12.1 Å². The van der Waals surface area contributed by atoms with Crippen LogP contribution in [0.1, 0.15) is 32.3 Å². The summed E-state index contributed by atoms with van der Waals surface area (Å²) in [4.78, 5) is 0. The van der Waals surface area contributed by atoms with E-state index in [0.717, 1.165) is 6.42 Å². The Morgan fingerprint density at radius 3 is 2.70 bits per heavy atom. The highest BCUT2D eigenvalue weighted by molar-refractivity contribution is 7.91. The van der Waals surface area contributed by atoms with Crippen LogP contribution in [-0.2, 0) is 15.3 Å². The number of rotatable bonds is 4. The van der Waals surface area contributed by atoms with Gasteiger partial charge < -0.3 is 5.32 Å². The van der Waals surface area contributed by atoms with Crippen LogP contribution in [0.4, 0.5) is 4.39 Å². The number of halogens is 1. The minimum absolute atomic E-state index is 0.0141. The molecule has 0 bridgehead atoms. The highest BCUT2D eigenvalue weighted by Gasteiger charge is 2.28. The molecule has 0 radical (unpaired) electrons. The van der Waals surface area contributed by atoms with Crippen molar-refractivity contribution in [2.75, 3.05) is 18.1 Å². The Morgan fingerprint density at radius 1 is 1.35 bits per heavy atom. The van der Waals surface area contributed by atoms with E-state index in [4.69, 9.17) is 0 Å². The molecule has 1 aliphatic rings. The Balaban J connectivity index is 2.01. The van der Waals surface area contributed by atoms with Crippen LogP contribution < -0.4 is 5.32 Å². The summed E-state index contributed by atoms with van der Waals surface area (Å²) in [7, 11) is -2.91. The lowest BCUT2D eigenvalue weighted by molar-refractivity contribution is 0.397. The summed E-state index contributed by atoms with van der Waals surface area (Å²) in [6, 6.07) is 6.73. The summed E-state index contributed by atoms with van der Waals surface area (Å²) in [5.41, 5.74) is 0.290. The maximum absolute atomic E-state index is 13.9. The van der Waals surface area contributed by atoms with Crippen LogP contribution >= 0.6 is 0 Å². The third-order valence-corrected chi connectivity index (χ3v) is 5.72. The molecule has 3 nitrogen and oxygen atoms in total. The molecule has 1 saturated heterocycles. The van der Waals surface area contributed by atoms with Gasteiger partial charge in [-0.05, 0) is 24.5 Å². The van der Waals surface area contributed by atoms with Gasteiger partial charge in [0.25, 0.3) is 0 Å². The first-order valence-corrected chi connectivity index (χ1v) is 8.81. The monoisotopic (exact) mass is 299 g/mol. The first-order chi connectivity index (χ1) is 9.30. The molecule has 1 aliphatic heterocycles. The summed E-state index contributed by atoms with van der Waals surface area (Å²) in [6.45, 7) is 4.50. The summed E-state index contributed by atoms with van der Waals surface area (Å²) in [5, 5.41) is 3.30. The Morgan fingerprint density at radius 2 is 2.05 bits per heavy atom. The molecule has 2 rings (SSSR count). The lowest BCUT2D eigenvalue weighted by atomic mass is 9.84. The fourth-order valence-electron chi connectivity index (χ4n) is 2.69. The van der Waals surface area contributed by atoms with Crippen LogP contribution in [-0.4, -0.2) is 32.5 Å². The van der Waals surface area contributed by atoms with Gasteiger partial charge in [0, 0.05) is 18.0 Å². The van der Waals surface area contributed by atoms with Gasteiger partial charge in [-0.1, -0.05) is 32.0 Å². The highest BCUT2D eigenvalue weighted by Crippen LogP contribution is 2.25. The molecular formula is C15H22FNO2S. The second-order valence-electron chi connectivity index (χ2n) is 6.20. The Labute approximate surface area is 120 Å². The fraction of sp³-hybridized carbons (Fsp3) is 0.600. The van der Waals surface area contributed by atoms with Gasteiger partial charge in [-0.3, -0.25) is 0 Å². The van der Waals surface area contributed by atoms with Crippen molar-refractivity contribution in [2.24, 2.45) is 0 Å². The average molecular weight is 299 g/mol. The predicted octanol–water partition coefficient (Wildman–Crippen LogP) is 2.27. The van der Waals surface area contributed by atoms with Crippen LogP contribution in [0.3, 0.4) is 0 Å². The Kier molecular flexibility index (Phi) is 4.49. The van der Waals surface area contributed by atoms with Gasteiger partial charge in [-0.2, -0.15) is 0 Å². The molecule has 20 heavy (non-hydrogen) atoms. The zero-order chi connectivity index (χ0) is 14.8. The molecule has 0 spiro atoms. The number of hydrogen-bond acceptors (Lipinski definition) is 3. The van der Waals surface area contributed by atoms with Crippen molar-refractivity contribution in [3.8, 4) is 0 Å². The van der Waals surface area contributed by atoms with Crippen molar-refractivity contribution in [1.82, 2.24) is 5.32 Å². The minimum Gasteiger partial charge on any atom is -0.312 e. The lowest BCUT2D eigenvalue weighted by Crippen LogP contribution is -2.45. The smallest absolute Gasteiger partial charge is 0.151 e. The molecule has 1 fully saturated rings. The number of sulfone groups is 1. The Bertz CT molecular complexity index is 569. The molecule has 0 aliphatic carbocycles. The second-order valence-corrected chi connectivity index (χ2v) is 8.43. The van der Waals surface area contributed by atoms with Crippen LogP contribution in [0, 0.1) is 5.82 Å². The van der Waals surface area contributed by atoms with Gasteiger partial charge in [-0.25, -0.2) is 12.8 Å². The van der Waals surface area contributed by atoms with E-state index in [2.05, 4.69) is 5.32 Å². The van der Waals surface area contributed by atoms with E-state index in [9.17, 15) is 12.8 Å². The van der Waals surface area contributed by atoms with Gasteiger partial charge in [0.15, 0.2) is 9.84 Å². The van der Waals surface area contributed by atoms with E-state index < -0.39 is 9.84 Å². The quantitative estimate of drug-likeness (QED) is 0.927. The van der Waals surface area contributed by atoms with Crippen molar-refractivity contribution in [3.63, 3.8) is 0 Å². The molecule has 1 N–H and O–H groups in total. The van der Waals surface area contributed by atoms with E-state index in [0.29, 0.717) is 24.3 Å². The van der Waals surface area contributed by atoms with Gasteiger partial charge in [0.2, 0.25) is 0 Å². The largest absolute Gasteiger partial charge is 0.312 e. The van der Waals surface area contributed by atoms with Crippen LogP contribution in [0.2, 0.25) is 0 Å². The molecule has 1 aromatic rings. The zero-order valence-corrected chi connectivity index (χ0v) is 12.8. The number of nitrogens with one attached hydrogen (secondary N) is 1. The third kappa shape index (κ3) is 3.79. The Hall–Kier alpha value is -0.940. The third-order valence-electron chi connectivity index (χ3n) is 3.90. The average Bonchev–Trinajstić information content (AvgIpc) is 2.36. The van der Waals surface area contributed by atoms with Crippen molar-refractivity contribution < 1.29 is 12.8 Å². The summed E-state index contributed by atoms with van der Waals surface area (Å²) in [5.74, 6) is 0.276. The second kappa shape index (κ2) is 5.82. The van der Waals surface area contributed by atoms with Crippen molar-refractivity contribution in [3.05, 3.63) is 35.6 Å². The molecule has 5 heteroatoms. The highest BCUT2D eigenvalue weighted by atomic mass is 32.2. The predicted molar refractivity (Wildman–Crippen MR) is 79.1 cm³/mol. The van der Waals surface area contributed by atoms with E-state index in [1.807, 2.05) is 19.9 Å². The SMILES string of the molecule is CC(C)(CNC1CCCS(=O)(=O)C1)c1ccccc1F. The molecule has 112 valence electrons. The maximum atomic E-state index is 13.9. The molecule has 0 saturated carbocycles. The first kappa shape index (κ1) is 15.4. The van der Waals surface area contributed by atoms with Gasteiger partial charge >= 0.3 is 0 Å². The minimum atomic E-state index is -2.91. The summed E-state index contributed by atoms with van der Waals surface area (Å²) >= 11 is 0. The van der Waals surface area contributed by atoms with E-state index in [-0.39, 0.29) is 23.0 Å². The van der Waals surface area contributed by atoms with E-state index in [1.165, 1.54) is 6.07 Å². The van der Waals surface area contributed by atoms with Crippen LogP contribution in [0.25, 0.3) is 0 Å². The number of benzene rings is 1. The first-order valence-electron chi connectivity index (χ1n) is 6.99. The molecule has 1 unspecified atom stereocenters. The van der Waals surface area contributed by atoms with Gasteiger partial charge in [-0.15, -0.1) is 0 Å². The molecule has 0 amide bonds. The summed E-state index contributed by atoms with van der Waals surface area (Å²) in [6.07, 6.45) is 1.58. The molecular weight excluding hydrogens is 277 g/mol. The fourth-order valence-corrected chi connectivity index (χ4v) is 4.36. The van der Waals surface area contributed by atoms with Crippen LogP contribution in [0.5, 0.6) is 0 Å². The number of hydrogen-bond donors (Lipinski definition) is 1. The molecule has 1 heterocycles. The lowest BCUT2D eigenvalue weighted by Gasteiger charge is -2.30. The normalized spacial score (nSPS) is 22.6. The zero-order valence-electron chi connectivity index (χ0n) is 12.0. The van der Waals surface area contributed by atoms with Crippen LogP contribution in [0.15, 0.2) is 24.3 Å². The van der Waals surface area contributed by atoms with E-state index >= 15 is 0 Å². The topological polar surface area (TPSA) is 46.2 Å². The molecule has 0 aromatic heterocycles. The maximum Gasteiger partial charge on any atom is 0.151 e. The van der Waals surface area contributed by atoms with Crippen molar-refractivity contribution >= 4 is 9.84 Å². The van der Waals surface area contributed by atoms with Crippen molar-refractivity contribution in [1.29, 1.82) is 0 Å². The summed E-state index contributed by atoms with van der Waals surface area (Å²) < 4.78 is 37.1. The molecule has 1 atom stereocenters. The van der Waals surface area contributed by atoms with Crippen molar-refractivity contribution in [2.45, 2.75) is 38.1 Å².